The average Bonchev–Trinajstić information content (AvgIpc) is 4.01. The molecule has 4 aliphatic heterocycles. The molecule has 12 atom stereocenters. The summed E-state index contributed by atoms with van der Waals surface area (Å²) in [6, 6.07) is 25.0. The first kappa shape index (κ1) is 45.2. The van der Waals surface area contributed by atoms with Gasteiger partial charge in [-0.1, -0.05) is 65.7 Å². The highest BCUT2D eigenvalue weighted by atomic mass is 35.5. The number of rotatable bonds is 14. The van der Waals surface area contributed by atoms with E-state index in [-0.39, 0.29) is 17.8 Å². The van der Waals surface area contributed by atoms with Crippen molar-refractivity contribution in [1.82, 2.24) is 0 Å². The van der Waals surface area contributed by atoms with Gasteiger partial charge in [0.1, 0.15) is 78.6 Å². The third-order valence-electron chi connectivity index (χ3n) is 12.0. The number of benzene rings is 4. The Morgan fingerprint density at radius 3 is 1.71 bits per heavy atom. The molecule has 62 heavy (non-hydrogen) atoms. The maximum atomic E-state index is 11.7. The monoisotopic (exact) mass is 898 g/mol. The molecule has 4 aliphatic rings. The van der Waals surface area contributed by atoms with Crippen molar-refractivity contribution < 1.29 is 68.9 Å². The van der Waals surface area contributed by atoms with E-state index in [1.54, 1.807) is 30.3 Å². The van der Waals surface area contributed by atoms with Gasteiger partial charge in [0.15, 0.2) is 0 Å². The summed E-state index contributed by atoms with van der Waals surface area (Å²) in [6.45, 7) is 1.11. The Morgan fingerprint density at radius 2 is 1.16 bits per heavy atom. The molecule has 0 amide bonds. The molecule has 0 bridgehead atoms. The lowest BCUT2D eigenvalue weighted by molar-refractivity contribution is -0.381. The van der Waals surface area contributed by atoms with Crippen LogP contribution in [0.15, 0.2) is 84.9 Å². The van der Waals surface area contributed by atoms with Gasteiger partial charge in [0, 0.05) is 28.5 Å². The van der Waals surface area contributed by atoms with Gasteiger partial charge in [-0.2, -0.15) is 0 Å². The summed E-state index contributed by atoms with van der Waals surface area (Å²) in [4.78, 5) is 0. The molecule has 0 spiro atoms. The molecule has 0 radical (unpaired) electrons. The van der Waals surface area contributed by atoms with Gasteiger partial charge in [-0.3, -0.25) is 0 Å². The molecular formula is C46H52Cl2O14. The van der Waals surface area contributed by atoms with Crippen molar-refractivity contribution in [3.63, 3.8) is 0 Å². The Balaban J connectivity index is 1.02. The smallest absolute Gasteiger partial charge is 0.225 e. The molecule has 8 rings (SSSR count). The first-order chi connectivity index (χ1) is 29.9. The Bertz CT molecular complexity index is 2090. The van der Waals surface area contributed by atoms with Crippen molar-refractivity contribution in [1.29, 1.82) is 0 Å². The van der Waals surface area contributed by atoms with Crippen LogP contribution in [0.4, 0.5) is 0 Å². The van der Waals surface area contributed by atoms with Crippen LogP contribution in [-0.2, 0) is 42.3 Å². The number of aliphatic hydroxyl groups excluding tert-OH is 7. The van der Waals surface area contributed by atoms with Crippen molar-refractivity contribution in [2.24, 2.45) is 0 Å². The van der Waals surface area contributed by atoms with Crippen LogP contribution in [0, 0.1) is 0 Å². The largest absolute Gasteiger partial charge is 0.488 e. The summed E-state index contributed by atoms with van der Waals surface area (Å²) in [5, 5.41) is 78.3. The molecular weight excluding hydrogens is 847 g/mol. The molecule has 4 saturated heterocycles. The van der Waals surface area contributed by atoms with Gasteiger partial charge >= 0.3 is 0 Å². The molecule has 0 saturated carbocycles. The second kappa shape index (κ2) is 19.8. The van der Waals surface area contributed by atoms with Gasteiger partial charge in [-0.05, 0) is 83.1 Å². The topological polar surface area (TPSA) is 206 Å². The summed E-state index contributed by atoms with van der Waals surface area (Å²) in [7, 11) is 0. The molecule has 16 heteroatoms. The van der Waals surface area contributed by atoms with Gasteiger partial charge in [0.25, 0.3) is 0 Å². The molecule has 4 heterocycles. The van der Waals surface area contributed by atoms with Gasteiger partial charge in [0.2, 0.25) is 5.79 Å². The van der Waals surface area contributed by atoms with Crippen LogP contribution < -0.4 is 9.47 Å². The first-order valence-electron chi connectivity index (χ1n) is 20.8. The summed E-state index contributed by atoms with van der Waals surface area (Å²) in [5.41, 5.74) is 3.77. The lowest BCUT2D eigenvalue weighted by Gasteiger charge is -2.49. The quantitative estimate of drug-likeness (QED) is 0.0970. The van der Waals surface area contributed by atoms with Crippen molar-refractivity contribution >= 4 is 23.2 Å². The average molecular weight is 900 g/mol. The number of hydrogen-bond acceptors (Lipinski definition) is 14. The Labute approximate surface area is 369 Å². The van der Waals surface area contributed by atoms with E-state index in [2.05, 4.69) is 0 Å². The highest BCUT2D eigenvalue weighted by molar-refractivity contribution is 6.31. The van der Waals surface area contributed by atoms with E-state index < -0.39 is 73.9 Å². The van der Waals surface area contributed by atoms with E-state index in [0.717, 1.165) is 29.7 Å². The maximum absolute atomic E-state index is 11.7. The maximum Gasteiger partial charge on any atom is 0.225 e. The predicted octanol–water partition coefficient (Wildman–Crippen LogP) is 3.38. The third-order valence-corrected chi connectivity index (χ3v) is 12.7. The van der Waals surface area contributed by atoms with Crippen LogP contribution in [0.25, 0.3) is 0 Å². The summed E-state index contributed by atoms with van der Waals surface area (Å²) in [5.74, 6) is -0.831. The lowest BCUT2D eigenvalue weighted by Crippen LogP contribution is -2.65. The van der Waals surface area contributed by atoms with Crippen molar-refractivity contribution in [2.45, 2.75) is 98.6 Å². The van der Waals surface area contributed by atoms with Crippen molar-refractivity contribution in [3.8, 4) is 11.5 Å². The van der Waals surface area contributed by atoms with Gasteiger partial charge in [-0.15, -0.1) is 0 Å². The SMILES string of the molecule is OC[C@H]1O[C@](OC[C@H]2O[C@@H](c3ccc(Cl)c(Cc4ccc(O[C@@H]5CCOC5)cc4)c3)[C@H](O)[C@@H](O)[C@@H]2O)(c2ccc(Cl)c(Cc3ccc(O[C@H]4CCOC4)cc3)c2)[C@H](O)[C@@H](O)[C@@H]1O. The van der Waals surface area contributed by atoms with Gasteiger partial charge in [0.05, 0.1) is 39.6 Å². The Morgan fingerprint density at radius 1 is 0.613 bits per heavy atom. The molecule has 0 unspecified atom stereocenters. The molecule has 7 N–H and O–H groups in total. The van der Waals surface area contributed by atoms with Crippen molar-refractivity contribution in [3.05, 3.63) is 128 Å². The summed E-state index contributed by atoms with van der Waals surface area (Å²) < 4.78 is 41.6. The standard InChI is InChI=1S/C46H52Cl2O14/c47-35-11-5-27(19-28(35)17-25-1-7-31(8-2-25)59-33-13-15-56-22-33)44-42(53)41(52)40(51)38(61-44)24-58-46(45(55)43(54)39(50)37(21-49)62-46)30-6-12-36(48)29(20-30)18-26-3-9-32(10-4-26)60-34-14-16-57-23-34/h1-12,19-20,33-34,37-45,49-55H,13-18,21-24H2/t33-,34+,37-,38-,39-,40-,41+,42-,43+,44+,45-,46-/m1/s1. The third kappa shape index (κ3) is 9.80. The summed E-state index contributed by atoms with van der Waals surface area (Å²) in [6.07, 6.45) is -11.9. The van der Waals surface area contributed by atoms with Crippen LogP contribution in [0.5, 0.6) is 11.5 Å². The highest BCUT2D eigenvalue weighted by Gasteiger charge is 2.57. The van der Waals surface area contributed by atoms with E-state index in [4.69, 9.17) is 56.4 Å². The van der Waals surface area contributed by atoms with Crippen LogP contribution >= 0.6 is 23.2 Å². The van der Waals surface area contributed by atoms with E-state index in [9.17, 15) is 35.7 Å². The van der Waals surface area contributed by atoms with Gasteiger partial charge in [-0.25, -0.2) is 0 Å². The van der Waals surface area contributed by atoms with Crippen LogP contribution in [0.1, 0.15) is 52.3 Å². The zero-order valence-electron chi connectivity index (χ0n) is 33.7. The van der Waals surface area contributed by atoms with Gasteiger partial charge < -0.3 is 68.9 Å². The molecule has 0 aromatic heterocycles. The van der Waals surface area contributed by atoms with E-state index >= 15 is 0 Å². The highest BCUT2D eigenvalue weighted by Crippen LogP contribution is 2.43. The molecule has 14 nitrogen and oxygen atoms in total. The molecule has 334 valence electrons. The van der Waals surface area contributed by atoms with Crippen LogP contribution in [0.2, 0.25) is 10.0 Å². The molecule has 4 aromatic rings. The Hall–Kier alpha value is -3.42. The second-order valence-corrected chi connectivity index (χ2v) is 17.1. The lowest BCUT2D eigenvalue weighted by atomic mass is 9.86. The minimum atomic E-state index is -2.26. The summed E-state index contributed by atoms with van der Waals surface area (Å²) >= 11 is 13.4. The minimum Gasteiger partial charge on any atom is -0.488 e. The first-order valence-corrected chi connectivity index (χ1v) is 21.6. The predicted molar refractivity (Wildman–Crippen MR) is 224 cm³/mol. The normalized spacial score (nSPS) is 32.5. The van der Waals surface area contributed by atoms with E-state index in [1.807, 2.05) is 48.5 Å². The fourth-order valence-corrected chi connectivity index (χ4v) is 8.76. The fourth-order valence-electron chi connectivity index (χ4n) is 8.39. The molecule has 4 aromatic carbocycles. The number of ether oxygens (including phenoxy) is 7. The molecule has 0 aliphatic carbocycles. The molecule has 4 fully saturated rings. The number of aliphatic hydroxyl groups is 7. The minimum absolute atomic E-state index is 0.00978. The van der Waals surface area contributed by atoms with E-state index in [1.165, 1.54) is 6.07 Å². The van der Waals surface area contributed by atoms with E-state index in [0.29, 0.717) is 71.8 Å². The zero-order chi connectivity index (χ0) is 43.5. The number of halogens is 2. The van der Waals surface area contributed by atoms with Crippen molar-refractivity contribution in [2.75, 3.05) is 39.6 Å². The second-order valence-electron chi connectivity index (χ2n) is 16.3. The van der Waals surface area contributed by atoms with Crippen LogP contribution in [-0.4, -0.2) is 136 Å². The number of hydrogen-bond donors (Lipinski definition) is 7. The zero-order valence-corrected chi connectivity index (χ0v) is 35.3. The Kier molecular flexibility index (Phi) is 14.4. The van der Waals surface area contributed by atoms with Crippen LogP contribution in [0.3, 0.4) is 0 Å². The fraction of sp³-hybridized carbons (Fsp3) is 0.478.